The van der Waals surface area contributed by atoms with E-state index in [0.717, 1.165) is 67.8 Å². The van der Waals surface area contributed by atoms with Crippen LogP contribution in [0.3, 0.4) is 0 Å². The van der Waals surface area contributed by atoms with Gasteiger partial charge in [0, 0.05) is 29.9 Å². The molecule has 1 aromatic carbocycles. The number of rotatable bonds is 7. The third-order valence-electron chi connectivity index (χ3n) is 5.63. The molecule has 0 amide bonds. The molecule has 0 aliphatic heterocycles. The average molecular weight is 392 g/mol. The number of aromatic amines is 1. The third kappa shape index (κ3) is 4.48. The minimum absolute atomic E-state index is 0.0222. The summed E-state index contributed by atoms with van der Waals surface area (Å²) in [5.74, 6) is 0.681. The fourth-order valence-corrected chi connectivity index (χ4v) is 4.13. The lowest BCUT2D eigenvalue weighted by Crippen LogP contribution is -2.20. The molecule has 0 fully saturated rings. The molecule has 3 aromatic rings. The van der Waals surface area contributed by atoms with Gasteiger partial charge in [-0.1, -0.05) is 24.3 Å². The van der Waals surface area contributed by atoms with Crippen LogP contribution in [0, 0.1) is 13.8 Å². The van der Waals surface area contributed by atoms with Gasteiger partial charge in [-0.15, -0.1) is 0 Å². The second kappa shape index (κ2) is 8.33. The first-order valence-corrected chi connectivity index (χ1v) is 10.4. The minimum atomic E-state index is 0.0222. The molecule has 152 valence electrons. The number of nitrogens with one attached hydrogen (secondary N) is 1. The first-order valence-electron chi connectivity index (χ1n) is 10.4. The Hall–Kier alpha value is -2.73. The number of hydrogen-bond acceptors (Lipinski definition) is 4. The van der Waals surface area contributed by atoms with Gasteiger partial charge in [0.2, 0.25) is 0 Å². The Kier molecular flexibility index (Phi) is 5.62. The van der Waals surface area contributed by atoms with Crippen LogP contribution in [0.4, 0.5) is 0 Å². The molecular weight excluding hydrogens is 362 g/mol. The maximum atomic E-state index is 12.2. The monoisotopic (exact) mass is 391 g/mol. The fourth-order valence-electron chi connectivity index (χ4n) is 4.13. The number of H-pyrrole nitrogens is 1. The summed E-state index contributed by atoms with van der Waals surface area (Å²) in [7, 11) is 2.15. The van der Waals surface area contributed by atoms with Crippen molar-refractivity contribution in [3.05, 3.63) is 68.9 Å². The molecule has 1 aliphatic carbocycles. The Morgan fingerprint density at radius 3 is 2.69 bits per heavy atom. The second-order valence-electron chi connectivity index (χ2n) is 8.13. The highest BCUT2D eigenvalue weighted by atomic mass is 16.1. The second-order valence-corrected chi connectivity index (χ2v) is 8.13. The Bertz CT molecular complexity index is 1050. The Morgan fingerprint density at radius 2 is 1.97 bits per heavy atom. The van der Waals surface area contributed by atoms with Gasteiger partial charge in [-0.05, 0) is 64.8 Å². The zero-order valence-corrected chi connectivity index (χ0v) is 17.5. The summed E-state index contributed by atoms with van der Waals surface area (Å²) in [5, 5.41) is 4.52. The summed E-state index contributed by atoms with van der Waals surface area (Å²) in [4.78, 5) is 22.2. The molecule has 4 rings (SSSR count). The largest absolute Gasteiger partial charge is 0.306 e. The highest BCUT2D eigenvalue weighted by Crippen LogP contribution is 2.21. The van der Waals surface area contributed by atoms with Crippen molar-refractivity contribution in [3.8, 4) is 11.4 Å². The van der Waals surface area contributed by atoms with Crippen LogP contribution in [-0.4, -0.2) is 38.2 Å². The smallest absolute Gasteiger partial charge is 0.254 e. The Morgan fingerprint density at radius 1 is 1.17 bits per heavy atom. The molecule has 0 saturated heterocycles. The lowest BCUT2D eigenvalue weighted by molar-refractivity contribution is 0.311. The maximum absolute atomic E-state index is 12.2. The van der Waals surface area contributed by atoms with E-state index in [1.807, 2.05) is 6.92 Å². The van der Waals surface area contributed by atoms with E-state index >= 15 is 0 Å². The topological polar surface area (TPSA) is 66.8 Å². The standard InChI is InChI=1S/C23H29N5O/c1-16-14-17(2)28(26-16)13-5-12-27(3)15-18-8-10-19(11-9-18)22-24-21-7-4-6-20(21)23(29)25-22/h8-11,14H,4-7,12-13,15H2,1-3H3,(H,24,25,29). The van der Waals surface area contributed by atoms with Crippen molar-refractivity contribution in [1.29, 1.82) is 0 Å². The van der Waals surface area contributed by atoms with E-state index in [0.29, 0.717) is 5.82 Å². The number of fused-ring (bicyclic) bond motifs is 1. The highest BCUT2D eigenvalue weighted by molar-refractivity contribution is 5.55. The van der Waals surface area contributed by atoms with Gasteiger partial charge in [0.25, 0.3) is 5.56 Å². The Labute approximate surface area is 171 Å². The van der Waals surface area contributed by atoms with E-state index in [-0.39, 0.29) is 5.56 Å². The molecule has 2 aromatic heterocycles. The van der Waals surface area contributed by atoms with Crippen molar-refractivity contribution >= 4 is 0 Å². The molecule has 0 spiro atoms. The van der Waals surface area contributed by atoms with E-state index < -0.39 is 0 Å². The number of hydrogen-bond donors (Lipinski definition) is 1. The van der Waals surface area contributed by atoms with Crippen molar-refractivity contribution in [2.24, 2.45) is 0 Å². The molecule has 2 heterocycles. The van der Waals surface area contributed by atoms with Gasteiger partial charge in [-0.3, -0.25) is 9.48 Å². The van der Waals surface area contributed by atoms with Gasteiger partial charge < -0.3 is 9.88 Å². The van der Waals surface area contributed by atoms with Crippen LogP contribution < -0.4 is 5.56 Å². The van der Waals surface area contributed by atoms with Crippen molar-refractivity contribution in [1.82, 2.24) is 24.6 Å². The summed E-state index contributed by atoms with van der Waals surface area (Å²) >= 11 is 0. The zero-order valence-electron chi connectivity index (χ0n) is 17.5. The van der Waals surface area contributed by atoms with Crippen LogP contribution in [0.5, 0.6) is 0 Å². The molecule has 0 atom stereocenters. The van der Waals surface area contributed by atoms with Crippen LogP contribution in [0.15, 0.2) is 35.1 Å². The summed E-state index contributed by atoms with van der Waals surface area (Å²) < 4.78 is 2.09. The van der Waals surface area contributed by atoms with Crippen molar-refractivity contribution in [2.45, 2.75) is 52.6 Å². The van der Waals surface area contributed by atoms with Gasteiger partial charge in [-0.25, -0.2) is 4.98 Å². The molecule has 1 N–H and O–H groups in total. The van der Waals surface area contributed by atoms with Crippen LogP contribution in [-0.2, 0) is 25.9 Å². The lowest BCUT2D eigenvalue weighted by Gasteiger charge is -2.17. The third-order valence-corrected chi connectivity index (χ3v) is 5.63. The molecular formula is C23H29N5O. The van der Waals surface area contributed by atoms with Crippen molar-refractivity contribution in [3.63, 3.8) is 0 Å². The van der Waals surface area contributed by atoms with Gasteiger partial charge >= 0.3 is 0 Å². The lowest BCUT2D eigenvalue weighted by atomic mass is 10.1. The summed E-state index contributed by atoms with van der Waals surface area (Å²) in [6.07, 6.45) is 3.85. The van der Waals surface area contributed by atoms with E-state index in [1.165, 1.54) is 11.3 Å². The normalized spacial score (nSPS) is 13.2. The van der Waals surface area contributed by atoms with E-state index in [4.69, 9.17) is 0 Å². The number of aromatic nitrogens is 4. The van der Waals surface area contributed by atoms with Gasteiger partial charge in [0.15, 0.2) is 0 Å². The molecule has 6 heteroatoms. The fraction of sp³-hybridized carbons (Fsp3) is 0.435. The molecule has 0 saturated carbocycles. The van der Waals surface area contributed by atoms with Gasteiger partial charge in [-0.2, -0.15) is 5.10 Å². The minimum Gasteiger partial charge on any atom is -0.306 e. The van der Waals surface area contributed by atoms with Crippen molar-refractivity contribution in [2.75, 3.05) is 13.6 Å². The van der Waals surface area contributed by atoms with Crippen LogP contribution in [0.25, 0.3) is 11.4 Å². The Balaban J connectivity index is 1.34. The summed E-state index contributed by atoms with van der Waals surface area (Å²) in [6.45, 7) is 6.99. The maximum Gasteiger partial charge on any atom is 0.254 e. The average Bonchev–Trinajstić information content (AvgIpc) is 3.28. The molecule has 1 aliphatic rings. The quantitative estimate of drug-likeness (QED) is 0.671. The molecule has 0 bridgehead atoms. The number of benzene rings is 1. The van der Waals surface area contributed by atoms with E-state index in [2.05, 4.69) is 69.0 Å². The van der Waals surface area contributed by atoms with Crippen LogP contribution >= 0.6 is 0 Å². The van der Waals surface area contributed by atoms with Crippen molar-refractivity contribution < 1.29 is 0 Å². The zero-order chi connectivity index (χ0) is 20.4. The van der Waals surface area contributed by atoms with E-state index in [9.17, 15) is 4.79 Å². The van der Waals surface area contributed by atoms with Gasteiger partial charge in [0.1, 0.15) is 5.82 Å². The van der Waals surface area contributed by atoms with Gasteiger partial charge in [0.05, 0.1) is 11.4 Å². The van der Waals surface area contributed by atoms with Crippen LogP contribution in [0.2, 0.25) is 0 Å². The summed E-state index contributed by atoms with van der Waals surface area (Å²) in [6, 6.07) is 10.5. The van der Waals surface area contributed by atoms with Crippen LogP contribution in [0.1, 0.15) is 41.1 Å². The first kappa shape index (κ1) is 19.6. The predicted molar refractivity (Wildman–Crippen MR) is 115 cm³/mol. The molecule has 0 radical (unpaired) electrons. The number of nitrogens with zero attached hydrogens (tertiary/aromatic N) is 4. The summed E-state index contributed by atoms with van der Waals surface area (Å²) in [5.41, 5.74) is 6.38. The molecule has 0 unspecified atom stereocenters. The predicted octanol–water partition coefficient (Wildman–Crippen LogP) is 3.26. The molecule has 6 nitrogen and oxygen atoms in total. The SMILES string of the molecule is Cc1cc(C)n(CCCN(C)Cc2ccc(-c3nc4c(c(=O)[nH]3)CCC4)cc2)n1. The highest BCUT2D eigenvalue weighted by Gasteiger charge is 2.17. The molecule has 29 heavy (non-hydrogen) atoms. The first-order chi connectivity index (χ1) is 14.0. The van der Waals surface area contributed by atoms with E-state index in [1.54, 1.807) is 0 Å². The number of aryl methyl sites for hydroxylation is 4.